The Morgan fingerprint density at radius 1 is 1.27 bits per heavy atom. The number of ether oxygens (including phenoxy) is 2. The second kappa shape index (κ2) is 11.4. The molecule has 3 saturated heterocycles. The van der Waals surface area contributed by atoms with Crippen molar-refractivity contribution in [2.24, 2.45) is 11.8 Å². The van der Waals surface area contributed by atoms with Crippen LogP contribution in [0.25, 0.3) is 11.0 Å². The van der Waals surface area contributed by atoms with Gasteiger partial charge in [-0.15, -0.1) is 18.3 Å². The average molecular weight is 566 g/mol. The summed E-state index contributed by atoms with van der Waals surface area (Å²) in [5.41, 5.74) is -0.699. The van der Waals surface area contributed by atoms with E-state index in [1.165, 1.54) is 4.90 Å². The molecule has 1 aromatic heterocycles. The van der Waals surface area contributed by atoms with Crippen LogP contribution in [0.4, 0.5) is 0 Å². The van der Waals surface area contributed by atoms with Gasteiger partial charge in [0, 0.05) is 6.54 Å². The van der Waals surface area contributed by atoms with Crippen LogP contribution in [0.15, 0.2) is 49.6 Å². The SMILES string of the molecule is C=CCCCCOC(=O)[C@H]1[C@H]2C(=O)N([C@H](C)CO)C(C(=O)N(CC=C)Cn3nnc4ccccc43)C23CC[C@]1(C)O3. The number of carbonyl (C=O) groups excluding carboxylic acids is 3. The van der Waals surface area contributed by atoms with Crippen molar-refractivity contribution in [3.63, 3.8) is 0 Å². The van der Waals surface area contributed by atoms with E-state index in [0.717, 1.165) is 18.4 Å². The second-order valence-corrected chi connectivity index (χ2v) is 11.5. The van der Waals surface area contributed by atoms with Crippen molar-refractivity contribution < 1.29 is 29.0 Å². The summed E-state index contributed by atoms with van der Waals surface area (Å²) in [4.78, 5) is 45.1. The lowest BCUT2D eigenvalue weighted by Gasteiger charge is -2.38. The number of aliphatic hydroxyl groups excluding tert-OH is 1. The molecule has 2 amide bonds. The summed E-state index contributed by atoms with van der Waals surface area (Å²) >= 11 is 0. The Kier molecular flexibility index (Phi) is 8.02. The summed E-state index contributed by atoms with van der Waals surface area (Å²) in [6.07, 6.45) is 6.74. The van der Waals surface area contributed by atoms with E-state index >= 15 is 0 Å². The summed E-state index contributed by atoms with van der Waals surface area (Å²) in [5, 5.41) is 18.6. The maximum absolute atomic E-state index is 14.5. The topological polar surface area (TPSA) is 127 Å². The van der Waals surface area contributed by atoms with Gasteiger partial charge in [0.15, 0.2) is 0 Å². The van der Waals surface area contributed by atoms with Crippen molar-refractivity contribution >= 4 is 28.8 Å². The van der Waals surface area contributed by atoms with E-state index in [-0.39, 0.29) is 38.2 Å². The smallest absolute Gasteiger partial charge is 0.312 e. The molecule has 6 atom stereocenters. The molecule has 11 heteroatoms. The van der Waals surface area contributed by atoms with Gasteiger partial charge in [-0.25, -0.2) is 4.68 Å². The maximum atomic E-state index is 14.5. The number of rotatable bonds is 13. The number of carbonyl (C=O) groups is 3. The summed E-state index contributed by atoms with van der Waals surface area (Å²) in [5.74, 6) is -2.94. The Bertz CT molecular complexity index is 1340. The van der Waals surface area contributed by atoms with Crippen LogP contribution in [-0.4, -0.2) is 90.7 Å². The lowest BCUT2D eigenvalue weighted by Crippen LogP contribution is -2.58. The number of likely N-dealkylation sites (tertiary alicyclic amines) is 1. The van der Waals surface area contributed by atoms with Crippen LogP contribution in [0.1, 0.15) is 46.0 Å². The molecule has 2 bridgehead atoms. The number of amides is 2. The number of unbranched alkanes of at least 4 members (excludes halogenated alkanes) is 2. The Balaban J connectivity index is 1.47. The summed E-state index contributed by atoms with van der Waals surface area (Å²) in [7, 11) is 0. The van der Waals surface area contributed by atoms with Crippen LogP contribution in [-0.2, 0) is 30.5 Å². The van der Waals surface area contributed by atoms with E-state index in [2.05, 4.69) is 23.5 Å². The number of para-hydroxylation sites is 1. The zero-order valence-electron chi connectivity index (χ0n) is 23.8. The molecule has 0 radical (unpaired) electrons. The minimum absolute atomic E-state index is 0.0750. The first-order valence-corrected chi connectivity index (χ1v) is 14.3. The number of hydrogen-bond acceptors (Lipinski definition) is 8. The van der Waals surface area contributed by atoms with Gasteiger partial charge in [-0.2, -0.15) is 0 Å². The van der Waals surface area contributed by atoms with Crippen LogP contribution < -0.4 is 0 Å². The summed E-state index contributed by atoms with van der Waals surface area (Å²) in [6, 6.07) is 5.74. The lowest BCUT2D eigenvalue weighted by molar-refractivity contribution is -0.162. The van der Waals surface area contributed by atoms with Gasteiger partial charge in [0.1, 0.15) is 29.7 Å². The molecule has 3 fully saturated rings. The number of nitrogens with zero attached hydrogens (tertiary/aromatic N) is 5. The Morgan fingerprint density at radius 2 is 2.05 bits per heavy atom. The number of aromatic nitrogens is 3. The third-order valence-corrected chi connectivity index (χ3v) is 8.87. The van der Waals surface area contributed by atoms with Gasteiger partial charge in [0.05, 0.1) is 36.3 Å². The number of hydrogen-bond donors (Lipinski definition) is 1. The molecule has 1 N–H and O–H groups in total. The van der Waals surface area contributed by atoms with Crippen LogP contribution in [0.3, 0.4) is 0 Å². The van der Waals surface area contributed by atoms with Crippen LogP contribution >= 0.6 is 0 Å². The minimum atomic E-state index is -1.22. The minimum Gasteiger partial charge on any atom is -0.465 e. The zero-order valence-corrected chi connectivity index (χ0v) is 23.8. The van der Waals surface area contributed by atoms with Crippen molar-refractivity contribution in [3.8, 4) is 0 Å². The van der Waals surface area contributed by atoms with Crippen molar-refractivity contribution in [1.82, 2.24) is 24.8 Å². The van der Waals surface area contributed by atoms with Gasteiger partial charge in [-0.05, 0) is 58.1 Å². The number of fused-ring (bicyclic) bond motifs is 2. The molecule has 0 aliphatic carbocycles. The fraction of sp³-hybridized carbons (Fsp3) is 0.567. The second-order valence-electron chi connectivity index (χ2n) is 11.5. The fourth-order valence-corrected chi connectivity index (χ4v) is 6.95. The number of allylic oxidation sites excluding steroid dienone is 1. The molecule has 11 nitrogen and oxygen atoms in total. The van der Waals surface area contributed by atoms with Crippen LogP contribution in [0.5, 0.6) is 0 Å². The first-order chi connectivity index (χ1) is 19.7. The number of benzene rings is 1. The van der Waals surface area contributed by atoms with Gasteiger partial charge in [-0.3, -0.25) is 14.4 Å². The van der Waals surface area contributed by atoms with Gasteiger partial charge in [0.25, 0.3) is 0 Å². The molecule has 1 aromatic carbocycles. The van der Waals surface area contributed by atoms with E-state index in [4.69, 9.17) is 9.47 Å². The first kappa shape index (κ1) is 28.9. The average Bonchev–Trinajstić information content (AvgIpc) is 3.67. The van der Waals surface area contributed by atoms with Crippen LogP contribution in [0, 0.1) is 11.8 Å². The highest BCUT2D eigenvalue weighted by atomic mass is 16.6. The van der Waals surface area contributed by atoms with Gasteiger partial charge >= 0.3 is 5.97 Å². The number of aliphatic hydroxyl groups is 1. The van der Waals surface area contributed by atoms with Gasteiger partial charge in [0.2, 0.25) is 11.8 Å². The lowest BCUT2D eigenvalue weighted by atomic mass is 9.66. The monoisotopic (exact) mass is 565 g/mol. The molecule has 2 aromatic rings. The van der Waals surface area contributed by atoms with E-state index in [9.17, 15) is 19.5 Å². The molecule has 3 aliphatic rings. The molecular formula is C30H39N5O6. The highest BCUT2D eigenvalue weighted by molar-refractivity contribution is 5.98. The summed E-state index contributed by atoms with van der Waals surface area (Å²) in [6.45, 7) is 11.2. The van der Waals surface area contributed by atoms with Crippen molar-refractivity contribution in [2.45, 2.75) is 75.9 Å². The summed E-state index contributed by atoms with van der Waals surface area (Å²) < 4.78 is 13.9. The van der Waals surface area contributed by atoms with Gasteiger partial charge in [-0.1, -0.05) is 29.5 Å². The highest BCUT2D eigenvalue weighted by Crippen LogP contribution is 2.63. The van der Waals surface area contributed by atoms with Gasteiger partial charge < -0.3 is 24.4 Å². The molecule has 3 aliphatic heterocycles. The van der Waals surface area contributed by atoms with E-state index in [0.29, 0.717) is 24.8 Å². The van der Waals surface area contributed by atoms with Crippen molar-refractivity contribution in [1.29, 1.82) is 0 Å². The third kappa shape index (κ3) is 4.74. The third-order valence-electron chi connectivity index (χ3n) is 8.87. The quantitative estimate of drug-likeness (QED) is 0.223. The molecule has 41 heavy (non-hydrogen) atoms. The highest BCUT2D eigenvalue weighted by Gasteiger charge is 2.78. The molecular weight excluding hydrogens is 526 g/mol. The molecule has 0 saturated carbocycles. The predicted octanol–water partition coefficient (Wildman–Crippen LogP) is 2.45. The number of esters is 1. The Labute approximate surface area is 239 Å². The van der Waals surface area contributed by atoms with E-state index in [1.54, 1.807) is 22.6 Å². The van der Waals surface area contributed by atoms with E-state index < -0.39 is 41.1 Å². The normalized spacial score (nSPS) is 29.0. The molecule has 220 valence electrons. The zero-order chi connectivity index (χ0) is 29.4. The molecule has 5 rings (SSSR count). The molecule has 2 unspecified atom stereocenters. The first-order valence-electron chi connectivity index (χ1n) is 14.3. The predicted molar refractivity (Wildman–Crippen MR) is 150 cm³/mol. The largest absolute Gasteiger partial charge is 0.465 e. The fourth-order valence-electron chi connectivity index (χ4n) is 6.95. The van der Waals surface area contributed by atoms with E-state index in [1.807, 2.05) is 37.3 Å². The van der Waals surface area contributed by atoms with Crippen molar-refractivity contribution in [2.75, 3.05) is 19.8 Å². The van der Waals surface area contributed by atoms with Crippen molar-refractivity contribution in [3.05, 3.63) is 49.6 Å². The maximum Gasteiger partial charge on any atom is 0.312 e. The molecule has 1 spiro atoms. The Morgan fingerprint density at radius 3 is 2.78 bits per heavy atom. The molecule has 4 heterocycles. The van der Waals surface area contributed by atoms with Crippen LogP contribution in [0.2, 0.25) is 0 Å². The standard InChI is InChI=1S/C30H39N5O6/c1-5-7-8-11-17-40-28(39)24-23-26(37)35(20(3)18-36)25(30(23)15-14-29(24,4)41-30)27(38)33(16-6-2)19-34-22-13-10-9-12-21(22)31-32-34/h5-6,9-10,12-13,20,23-25,36H,1-2,7-8,11,14-19H2,3-4H3/t20-,23+,24-,25?,29+,30?/m1/s1. The Hall–Kier alpha value is -3.57.